The van der Waals surface area contributed by atoms with Crippen LogP contribution in [0.25, 0.3) is 12.2 Å². The fourth-order valence-electron chi connectivity index (χ4n) is 1.92. The van der Waals surface area contributed by atoms with Gasteiger partial charge in [-0.2, -0.15) is 4.98 Å². The van der Waals surface area contributed by atoms with Gasteiger partial charge in [0.05, 0.1) is 0 Å². The third-order valence-corrected chi connectivity index (χ3v) is 2.90. The number of hydrogen-bond donors (Lipinski definition) is 1. The third kappa shape index (κ3) is 3.54. The molecule has 5 nitrogen and oxygen atoms in total. The highest BCUT2D eigenvalue weighted by Crippen LogP contribution is 2.11. The van der Waals surface area contributed by atoms with Crippen molar-refractivity contribution in [1.29, 1.82) is 0 Å². The molecular weight excluding hydrogens is 264 g/mol. The zero-order valence-corrected chi connectivity index (χ0v) is 11.3. The molecule has 3 rings (SSSR count). The van der Waals surface area contributed by atoms with Crippen molar-refractivity contribution in [2.45, 2.75) is 6.42 Å². The predicted octanol–water partition coefficient (Wildman–Crippen LogP) is 2.81. The Morgan fingerprint density at radius 1 is 1.14 bits per heavy atom. The van der Waals surface area contributed by atoms with Crippen LogP contribution in [0.15, 0.2) is 53.3 Å². The van der Waals surface area contributed by atoms with E-state index in [0.717, 1.165) is 16.8 Å². The SMILES string of the molecule is Nc1cccc(/C=C/c2nc(Cc3cccnc3)no2)c1. The molecule has 0 unspecified atom stereocenters. The second-order valence-electron chi connectivity index (χ2n) is 4.59. The van der Waals surface area contributed by atoms with Gasteiger partial charge in [0.1, 0.15) is 0 Å². The van der Waals surface area contributed by atoms with Gasteiger partial charge in [-0.1, -0.05) is 23.4 Å². The maximum atomic E-state index is 5.73. The lowest BCUT2D eigenvalue weighted by atomic mass is 10.2. The number of aromatic nitrogens is 3. The quantitative estimate of drug-likeness (QED) is 0.742. The van der Waals surface area contributed by atoms with Crippen LogP contribution >= 0.6 is 0 Å². The molecular formula is C16H14N4O. The number of anilines is 1. The summed E-state index contributed by atoms with van der Waals surface area (Å²) >= 11 is 0. The van der Waals surface area contributed by atoms with Crippen molar-refractivity contribution in [3.05, 3.63) is 71.6 Å². The van der Waals surface area contributed by atoms with Gasteiger partial charge in [0.15, 0.2) is 5.82 Å². The summed E-state index contributed by atoms with van der Waals surface area (Å²) in [4.78, 5) is 8.38. The van der Waals surface area contributed by atoms with Crippen molar-refractivity contribution in [2.24, 2.45) is 0 Å². The van der Waals surface area contributed by atoms with Gasteiger partial charge >= 0.3 is 0 Å². The third-order valence-electron chi connectivity index (χ3n) is 2.90. The monoisotopic (exact) mass is 278 g/mol. The largest absolute Gasteiger partial charge is 0.399 e. The van der Waals surface area contributed by atoms with E-state index in [1.165, 1.54) is 0 Å². The Kier molecular flexibility index (Phi) is 3.73. The zero-order chi connectivity index (χ0) is 14.5. The molecule has 0 saturated carbocycles. The van der Waals surface area contributed by atoms with Gasteiger partial charge in [-0.05, 0) is 35.4 Å². The molecule has 2 aromatic heterocycles. The van der Waals surface area contributed by atoms with Crippen molar-refractivity contribution in [2.75, 3.05) is 5.73 Å². The summed E-state index contributed by atoms with van der Waals surface area (Å²) in [6.45, 7) is 0. The number of nitrogen functional groups attached to an aromatic ring is 1. The molecule has 0 aliphatic heterocycles. The van der Waals surface area contributed by atoms with E-state index in [1.807, 2.05) is 42.5 Å². The van der Waals surface area contributed by atoms with E-state index in [4.69, 9.17) is 10.3 Å². The van der Waals surface area contributed by atoms with Gasteiger partial charge < -0.3 is 10.3 Å². The van der Waals surface area contributed by atoms with E-state index in [2.05, 4.69) is 15.1 Å². The Labute approximate surface area is 122 Å². The highest BCUT2D eigenvalue weighted by atomic mass is 16.5. The number of nitrogens with zero attached hydrogens (tertiary/aromatic N) is 3. The van der Waals surface area contributed by atoms with Crippen molar-refractivity contribution >= 4 is 17.8 Å². The molecule has 0 bridgehead atoms. The molecule has 21 heavy (non-hydrogen) atoms. The number of hydrogen-bond acceptors (Lipinski definition) is 5. The van der Waals surface area contributed by atoms with E-state index in [1.54, 1.807) is 18.5 Å². The van der Waals surface area contributed by atoms with Gasteiger partial charge in [-0.3, -0.25) is 4.98 Å². The fraction of sp³-hybridized carbons (Fsp3) is 0.0625. The molecule has 0 radical (unpaired) electrons. The summed E-state index contributed by atoms with van der Waals surface area (Å²) in [5.41, 5.74) is 8.48. The standard InChI is InChI=1S/C16H14N4O/c17-14-5-1-3-12(9-14)6-7-16-19-15(20-21-16)10-13-4-2-8-18-11-13/h1-9,11H,10,17H2/b7-6+. The lowest BCUT2D eigenvalue weighted by Gasteiger charge is -1.94. The normalized spacial score (nSPS) is 11.0. The minimum atomic E-state index is 0.469. The van der Waals surface area contributed by atoms with Crippen LogP contribution in [0.5, 0.6) is 0 Å². The van der Waals surface area contributed by atoms with E-state index in [-0.39, 0.29) is 0 Å². The number of nitrogens with two attached hydrogens (primary N) is 1. The smallest absolute Gasteiger partial charge is 0.250 e. The molecule has 0 atom stereocenters. The first-order chi connectivity index (χ1) is 10.3. The van der Waals surface area contributed by atoms with Crippen molar-refractivity contribution in [3.8, 4) is 0 Å². The Morgan fingerprint density at radius 2 is 2.10 bits per heavy atom. The van der Waals surface area contributed by atoms with Crippen LogP contribution in [0.4, 0.5) is 5.69 Å². The van der Waals surface area contributed by atoms with Gasteiger partial charge in [0.2, 0.25) is 0 Å². The summed E-state index contributed by atoms with van der Waals surface area (Å²) < 4.78 is 5.19. The van der Waals surface area contributed by atoms with Gasteiger partial charge in [0, 0.05) is 30.6 Å². The molecule has 0 aliphatic rings. The fourth-order valence-corrected chi connectivity index (χ4v) is 1.92. The van der Waals surface area contributed by atoms with Crippen LogP contribution in [-0.4, -0.2) is 15.1 Å². The first kappa shape index (κ1) is 13.1. The molecule has 0 saturated heterocycles. The average molecular weight is 278 g/mol. The van der Waals surface area contributed by atoms with Gasteiger partial charge in [-0.15, -0.1) is 0 Å². The topological polar surface area (TPSA) is 77.8 Å². The minimum Gasteiger partial charge on any atom is -0.399 e. The van der Waals surface area contributed by atoms with E-state index >= 15 is 0 Å². The maximum Gasteiger partial charge on any atom is 0.250 e. The predicted molar refractivity (Wildman–Crippen MR) is 81.1 cm³/mol. The number of benzene rings is 1. The molecule has 0 amide bonds. The first-order valence-corrected chi connectivity index (χ1v) is 6.55. The lowest BCUT2D eigenvalue weighted by Crippen LogP contribution is -1.91. The van der Waals surface area contributed by atoms with Crippen LogP contribution in [-0.2, 0) is 6.42 Å². The Bertz CT molecular complexity index is 750. The second-order valence-corrected chi connectivity index (χ2v) is 4.59. The molecule has 1 aromatic carbocycles. The van der Waals surface area contributed by atoms with Crippen LogP contribution in [0.1, 0.15) is 22.8 Å². The summed E-state index contributed by atoms with van der Waals surface area (Å²) in [7, 11) is 0. The Hall–Kier alpha value is -2.95. The molecule has 3 aromatic rings. The molecule has 104 valence electrons. The summed E-state index contributed by atoms with van der Waals surface area (Å²) in [5.74, 6) is 1.10. The maximum absolute atomic E-state index is 5.73. The molecule has 5 heteroatoms. The highest BCUT2D eigenvalue weighted by Gasteiger charge is 2.04. The number of rotatable bonds is 4. The van der Waals surface area contributed by atoms with Crippen LogP contribution in [0.3, 0.4) is 0 Å². The van der Waals surface area contributed by atoms with E-state index in [0.29, 0.717) is 18.1 Å². The molecule has 0 spiro atoms. The summed E-state index contributed by atoms with van der Waals surface area (Å²) in [6.07, 6.45) is 7.79. The average Bonchev–Trinajstić information content (AvgIpc) is 2.94. The Morgan fingerprint density at radius 3 is 2.90 bits per heavy atom. The molecule has 2 N–H and O–H groups in total. The summed E-state index contributed by atoms with van der Waals surface area (Å²) in [5, 5.41) is 3.95. The minimum absolute atomic E-state index is 0.469. The molecule has 0 aliphatic carbocycles. The summed E-state index contributed by atoms with van der Waals surface area (Å²) in [6, 6.07) is 11.4. The highest BCUT2D eigenvalue weighted by molar-refractivity contribution is 5.67. The van der Waals surface area contributed by atoms with Crippen molar-refractivity contribution < 1.29 is 4.52 Å². The van der Waals surface area contributed by atoms with Gasteiger partial charge in [0.25, 0.3) is 5.89 Å². The van der Waals surface area contributed by atoms with E-state index < -0.39 is 0 Å². The van der Waals surface area contributed by atoms with Gasteiger partial charge in [-0.25, -0.2) is 0 Å². The molecule has 0 fully saturated rings. The van der Waals surface area contributed by atoms with Crippen molar-refractivity contribution in [1.82, 2.24) is 15.1 Å². The van der Waals surface area contributed by atoms with Crippen LogP contribution in [0, 0.1) is 0 Å². The Balaban J connectivity index is 1.70. The lowest BCUT2D eigenvalue weighted by molar-refractivity contribution is 0.404. The molecule has 2 heterocycles. The van der Waals surface area contributed by atoms with Crippen molar-refractivity contribution in [3.63, 3.8) is 0 Å². The van der Waals surface area contributed by atoms with Crippen LogP contribution < -0.4 is 5.73 Å². The zero-order valence-electron chi connectivity index (χ0n) is 11.3. The van der Waals surface area contributed by atoms with E-state index in [9.17, 15) is 0 Å². The van der Waals surface area contributed by atoms with Crippen LogP contribution in [0.2, 0.25) is 0 Å². The number of pyridine rings is 1. The first-order valence-electron chi connectivity index (χ1n) is 6.55. The second kappa shape index (κ2) is 6.00.